The molecule has 1 amide bonds. The molecule has 0 aliphatic heterocycles. The topological polar surface area (TPSA) is 48.6 Å². The van der Waals surface area contributed by atoms with Gasteiger partial charge in [0.1, 0.15) is 0 Å². The van der Waals surface area contributed by atoms with Crippen LogP contribution >= 0.6 is 0 Å². The van der Waals surface area contributed by atoms with E-state index in [1.165, 1.54) is 50.5 Å². The smallest absolute Gasteiger partial charge is 0.408 e. The number of nitrogens with one attached hydrogen (secondary N) is 1. The Bertz CT molecular complexity index is 874. The van der Waals surface area contributed by atoms with Gasteiger partial charge in [-0.05, 0) is 44.0 Å². The number of aromatic nitrogens is 1. The van der Waals surface area contributed by atoms with Crippen molar-refractivity contribution >= 4 is 17.0 Å². The maximum absolute atomic E-state index is 12.4. The Kier molecular flexibility index (Phi) is 8.85. The number of hydrogen-bond donors (Lipinski definition) is 1. The first-order valence-electron chi connectivity index (χ1n) is 11.7. The van der Waals surface area contributed by atoms with Crippen molar-refractivity contribution in [1.29, 1.82) is 0 Å². The lowest BCUT2D eigenvalue weighted by molar-refractivity contribution is 0.163. The molecule has 5 heteroatoms. The number of fused-ring (bicyclic) bond motifs is 1. The van der Waals surface area contributed by atoms with Crippen molar-refractivity contribution in [1.82, 2.24) is 14.8 Å². The van der Waals surface area contributed by atoms with Gasteiger partial charge in [-0.3, -0.25) is 0 Å². The number of nitrogens with zero attached hydrogens (tertiary/aromatic N) is 2. The molecule has 1 aliphatic carbocycles. The van der Waals surface area contributed by atoms with E-state index < -0.39 is 0 Å². The minimum absolute atomic E-state index is 0.360. The lowest BCUT2D eigenvalue weighted by Gasteiger charge is -2.20. The molecule has 0 saturated heterocycles. The second-order valence-corrected chi connectivity index (χ2v) is 8.97. The second kappa shape index (κ2) is 11.8. The average molecular weight is 424 g/mol. The second-order valence-electron chi connectivity index (χ2n) is 8.97. The zero-order valence-electron chi connectivity index (χ0n) is 19.2. The van der Waals surface area contributed by atoms with E-state index >= 15 is 0 Å². The number of amides is 1. The molecule has 0 atom stereocenters. The van der Waals surface area contributed by atoms with Gasteiger partial charge in [0.05, 0.1) is 5.52 Å². The Labute approximate surface area is 187 Å². The summed E-state index contributed by atoms with van der Waals surface area (Å²) in [4.78, 5) is 19.7. The van der Waals surface area contributed by atoms with Crippen molar-refractivity contribution in [2.45, 2.75) is 64.3 Å². The predicted molar refractivity (Wildman–Crippen MR) is 127 cm³/mol. The molecule has 0 unspecified atom stereocenters. The molecule has 2 aromatic rings. The van der Waals surface area contributed by atoms with E-state index in [1.54, 1.807) is 11.9 Å². The molecule has 1 aromatic heterocycles. The summed E-state index contributed by atoms with van der Waals surface area (Å²) in [5.41, 5.74) is 2.11. The van der Waals surface area contributed by atoms with Crippen molar-refractivity contribution < 1.29 is 9.53 Å². The number of carbonyl (C=O) groups excluding carboxylic acids is 1. The summed E-state index contributed by atoms with van der Waals surface area (Å²) in [5, 5.41) is 1.11. The number of H-pyrrole nitrogens is 1. The van der Waals surface area contributed by atoms with Crippen LogP contribution in [0.4, 0.5) is 4.79 Å². The zero-order valence-corrected chi connectivity index (χ0v) is 19.2. The summed E-state index contributed by atoms with van der Waals surface area (Å²) in [6.07, 6.45) is 18.1. The van der Waals surface area contributed by atoms with Crippen LogP contribution in [0, 0.1) is 18.3 Å². The Balaban J connectivity index is 1.58. The molecule has 1 heterocycles. The minimum Gasteiger partial charge on any atom is -0.408 e. The monoisotopic (exact) mass is 423 g/mol. The van der Waals surface area contributed by atoms with Crippen molar-refractivity contribution in [3.05, 3.63) is 30.0 Å². The molecule has 31 heavy (non-hydrogen) atoms. The van der Waals surface area contributed by atoms with Gasteiger partial charge < -0.3 is 19.5 Å². The lowest BCUT2D eigenvalue weighted by atomic mass is 9.96. The van der Waals surface area contributed by atoms with Gasteiger partial charge in [-0.2, -0.15) is 0 Å². The van der Waals surface area contributed by atoms with E-state index in [1.807, 2.05) is 18.3 Å². The van der Waals surface area contributed by atoms with Crippen LogP contribution in [-0.2, 0) is 6.54 Å². The fourth-order valence-electron chi connectivity index (χ4n) is 4.51. The van der Waals surface area contributed by atoms with Gasteiger partial charge in [-0.25, -0.2) is 4.79 Å². The number of unbranched alkanes of at least 4 members (excludes halogenated alkanes) is 1. The normalized spacial score (nSPS) is 15.0. The highest BCUT2D eigenvalue weighted by atomic mass is 16.6. The van der Waals surface area contributed by atoms with Crippen molar-refractivity contribution in [3.8, 4) is 18.1 Å². The summed E-state index contributed by atoms with van der Waals surface area (Å²) < 4.78 is 5.67. The highest BCUT2D eigenvalue weighted by molar-refractivity contribution is 5.90. The number of terminal acetylenes is 1. The highest BCUT2D eigenvalue weighted by Crippen LogP contribution is 2.29. The van der Waals surface area contributed by atoms with Gasteiger partial charge in [-0.1, -0.05) is 50.7 Å². The molecule has 0 spiro atoms. The van der Waals surface area contributed by atoms with E-state index in [-0.39, 0.29) is 6.09 Å². The molecule has 1 N–H and O–H groups in total. The number of hydrogen-bond acceptors (Lipinski definition) is 3. The third-order valence-corrected chi connectivity index (χ3v) is 6.42. The first-order valence-corrected chi connectivity index (χ1v) is 11.7. The molecule has 1 saturated carbocycles. The number of rotatable bonds is 9. The first kappa shape index (κ1) is 23.2. The predicted octanol–water partition coefficient (Wildman–Crippen LogP) is 5.80. The number of benzene rings is 1. The van der Waals surface area contributed by atoms with Crippen LogP contribution in [0.1, 0.15) is 63.4 Å². The Hall–Kier alpha value is -2.45. The SMILES string of the molecule is C#CCCCN(C)C(=O)Oc1cccc2c(CN(C)CCC3CCCCCC3)c[nH]c12. The fraction of sp³-hybridized carbons (Fsp3) is 0.577. The van der Waals surface area contributed by atoms with Gasteiger partial charge in [0, 0.05) is 38.1 Å². The standard InChI is InChI=1S/C26H37N3O2/c1-4-5-10-17-29(3)26(30)31-24-15-11-14-23-22(19-27-25(23)24)20-28(2)18-16-21-12-8-6-7-9-13-21/h1,11,14-15,19,21,27H,5-10,12-13,16-18,20H2,2-3H3. The number of ether oxygens (including phenoxy) is 1. The molecular formula is C26H37N3O2. The molecule has 1 aromatic carbocycles. The maximum Gasteiger partial charge on any atom is 0.415 e. The van der Waals surface area contributed by atoms with Crippen LogP contribution in [0.25, 0.3) is 10.9 Å². The lowest BCUT2D eigenvalue weighted by Crippen LogP contribution is -2.30. The molecule has 1 aliphatic rings. The number of aromatic amines is 1. The summed E-state index contributed by atoms with van der Waals surface area (Å²) in [6, 6.07) is 5.88. The molecule has 5 nitrogen and oxygen atoms in total. The van der Waals surface area contributed by atoms with E-state index in [0.29, 0.717) is 18.7 Å². The van der Waals surface area contributed by atoms with Gasteiger partial charge in [0.15, 0.2) is 5.75 Å². The van der Waals surface area contributed by atoms with Gasteiger partial charge in [0.2, 0.25) is 0 Å². The van der Waals surface area contributed by atoms with Gasteiger partial charge in [-0.15, -0.1) is 12.3 Å². The van der Waals surface area contributed by atoms with Crippen LogP contribution in [0.15, 0.2) is 24.4 Å². The van der Waals surface area contributed by atoms with Crippen LogP contribution in [0.3, 0.4) is 0 Å². The van der Waals surface area contributed by atoms with Gasteiger partial charge in [0.25, 0.3) is 0 Å². The van der Waals surface area contributed by atoms with Gasteiger partial charge >= 0.3 is 6.09 Å². The van der Waals surface area contributed by atoms with Crippen LogP contribution in [-0.4, -0.2) is 48.1 Å². The molecule has 3 rings (SSSR count). The fourth-order valence-corrected chi connectivity index (χ4v) is 4.51. The Morgan fingerprint density at radius 3 is 2.71 bits per heavy atom. The van der Waals surface area contributed by atoms with Crippen molar-refractivity contribution in [3.63, 3.8) is 0 Å². The summed E-state index contributed by atoms with van der Waals surface area (Å²) in [7, 11) is 3.94. The Morgan fingerprint density at radius 2 is 1.97 bits per heavy atom. The molecule has 1 fully saturated rings. The molecular weight excluding hydrogens is 386 g/mol. The van der Waals surface area contributed by atoms with E-state index in [0.717, 1.165) is 36.3 Å². The first-order chi connectivity index (χ1) is 15.1. The number of carbonyl (C=O) groups is 1. The minimum atomic E-state index is -0.360. The number of para-hydroxylation sites is 1. The third kappa shape index (κ3) is 6.77. The highest BCUT2D eigenvalue weighted by Gasteiger charge is 2.17. The van der Waals surface area contributed by atoms with Crippen LogP contribution in [0.5, 0.6) is 5.75 Å². The summed E-state index contributed by atoms with van der Waals surface area (Å²) in [5.74, 6) is 4.05. The molecule has 0 bridgehead atoms. The van der Waals surface area contributed by atoms with E-state index in [9.17, 15) is 4.79 Å². The maximum atomic E-state index is 12.4. The van der Waals surface area contributed by atoms with Crippen LogP contribution in [0.2, 0.25) is 0 Å². The quantitative estimate of drug-likeness (QED) is 0.315. The zero-order chi connectivity index (χ0) is 22.1. The van der Waals surface area contributed by atoms with Crippen LogP contribution < -0.4 is 4.74 Å². The summed E-state index contributed by atoms with van der Waals surface area (Å²) >= 11 is 0. The van der Waals surface area contributed by atoms with E-state index in [2.05, 4.69) is 28.9 Å². The molecule has 0 radical (unpaired) electrons. The molecule has 168 valence electrons. The Morgan fingerprint density at radius 1 is 1.19 bits per heavy atom. The third-order valence-electron chi connectivity index (χ3n) is 6.42. The van der Waals surface area contributed by atoms with Crippen molar-refractivity contribution in [2.24, 2.45) is 5.92 Å². The average Bonchev–Trinajstić information content (AvgIpc) is 2.99. The van der Waals surface area contributed by atoms with E-state index in [4.69, 9.17) is 11.2 Å². The van der Waals surface area contributed by atoms with Crippen molar-refractivity contribution in [2.75, 3.05) is 27.2 Å². The largest absolute Gasteiger partial charge is 0.415 e. The summed E-state index contributed by atoms with van der Waals surface area (Å²) in [6.45, 7) is 2.59.